The summed E-state index contributed by atoms with van der Waals surface area (Å²) in [5.74, 6) is 0.160. The van der Waals surface area contributed by atoms with Crippen molar-refractivity contribution in [3.63, 3.8) is 0 Å². The lowest BCUT2D eigenvalue weighted by Crippen LogP contribution is -2.44. The molecule has 2 fully saturated rings. The average Bonchev–Trinajstić information content (AvgIpc) is 2.74. The number of carbonyl (C=O) groups excluding carboxylic acids is 2. The molecule has 21 heavy (non-hydrogen) atoms. The summed E-state index contributed by atoms with van der Waals surface area (Å²) >= 11 is 5.79. The highest BCUT2D eigenvalue weighted by atomic mass is 35.5. The number of carbonyl (C=O) groups is 2. The van der Waals surface area contributed by atoms with E-state index in [9.17, 15) is 9.59 Å². The van der Waals surface area contributed by atoms with Crippen LogP contribution in [0.3, 0.4) is 0 Å². The number of hydrogen-bond donors (Lipinski definition) is 0. The van der Waals surface area contributed by atoms with Crippen molar-refractivity contribution < 1.29 is 9.59 Å². The van der Waals surface area contributed by atoms with E-state index >= 15 is 0 Å². The summed E-state index contributed by atoms with van der Waals surface area (Å²) in [6, 6.07) is 3.33. The van der Waals surface area contributed by atoms with E-state index in [1.165, 1.54) is 6.20 Å². The van der Waals surface area contributed by atoms with Crippen molar-refractivity contribution in [2.45, 2.75) is 19.3 Å². The zero-order chi connectivity index (χ0) is 15.0. The second kappa shape index (κ2) is 5.30. The Morgan fingerprint density at radius 2 is 2.05 bits per heavy atom. The summed E-state index contributed by atoms with van der Waals surface area (Å²) < 4.78 is 0. The second-order valence-electron chi connectivity index (χ2n) is 6.08. The fraction of sp³-hybridized carbons (Fsp3) is 0.533. The molecular formula is C15H18ClN3O2. The quantitative estimate of drug-likeness (QED) is 0.795. The van der Waals surface area contributed by atoms with Crippen LogP contribution in [0.1, 0.15) is 29.8 Å². The lowest BCUT2D eigenvalue weighted by molar-refractivity contribution is -0.126. The largest absolute Gasteiger partial charge is 0.345 e. The third-order valence-corrected chi connectivity index (χ3v) is 4.81. The molecule has 3 rings (SSSR count). The van der Waals surface area contributed by atoms with Gasteiger partial charge in [-0.3, -0.25) is 9.59 Å². The van der Waals surface area contributed by atoms with Crippen LogP contribution in [0.25, 0.3) is 0 Å². The Labute approximate surface area is 128 Å². The average molecular weight is 308 g/mol. The first-order valence-electron chi connectivity index (χ1n) is 7.14. The molecule has 112 valence electrons. The van der Waals surface area contributed by atoms with Gasteiger partial charge in [-0.25, -0.2) is 4.98 Å². The Morgan fingerprint density at radius 1 is 1.33 bits per heavy atom. The molecule has 0 saturated carbocycles. The van der Waals surface area contributed by atoms with Crippen molar-refractivity contribution in [2.24, 2.45) is 5.41 Å². The van der Waals surface area contributed by atoms with E-state index in [2.05, 4.69) is 4.98 Å². The Bertz CT molecular complexity index is 565. The molecule has 2 amide bonds. The predicted molar refractivity (Wildman–Crippen MR) is 79.1 cm³/mol. The van der Waals surface area contributed by atoms with Gasteiger partial charge >= 0.3 is 0 Å². The van der Waals surface area contributed by atoms with Crippen LogP contribution in [-0.4, -0.2) is 53.3 Å². The van der Waals surface area contributed by atoms with E-state index in [0.29, 0.717) is 30.2 Å². The van der Waals surface area contributed by atoms with Crippen molar-refractivity contribution in [2.75, 3.05) is 26.7 Å². The van der Waals surface area contributed by atoms with Gasteiger partial charge in [0.05, 0.1) is 5.02 Å². The van der Waals surface area contributed by atoms with Gasteiger partial charge in [0.25, 0.3) is 5.91 Å². The Morgan fingerprint density at radius 3 is 2.57 bits per heavy atom. The molecule has 0 radical (unpaired) electrons. The van der Waals surface area contributed by atoms with Gasteiger partial charge in [-0.05, 0) is 25.0 Å². The van der Waals surface area contributed by atoms with Crippen LogP contribution in [0.5, 0.6) is 0 Å². The number of rotatable bonds is 1. The summed E-state index contributed by atoms with van der Waals surface area (Å²) in [5, 5.41) is 0.525. The van der Waals surface area contributed by atoms with Gasteiger partial charge in [0.2, 0.25) is 5.91 Å². The molecule has 3 heterocycles. The Kier molecular flexibility index (Phi) is 3.61. The van der Waals surface area contributed by atoms with E-state index < -0.39 is 0 Å². The number of aromatic nitrogens is 1. The molecule has 6 heteroatoms. The van der Waals surface area contributed by atoms with Crippen LogP contribution in [-0.2, 0) is 4.79 Å². The summed E-state index contributed by atoms with van der Waals surface area (Å²) in [4.78, 5) is 31.8. The van der Waals surface area contributed by atoms with Gasteiger partial charge < -0.3 is 9.80 Å². The van der Waals surface area contributed by atoms with Crippen molar-refractivity contribution in [1.82, 2.24) is 14.8 Å². The van der Waals surface area contributed by atoms with Crippen LogP contribution in [0, 0.1) is 5.41 Å². The first-order valence-corrected chi connectivity index (χ1v) is 7.52. The van der Waals surface area contributed by atoms with E-state index in [-0.39, 0.29) is 17.2 Å². The summed E-state index contributed by atoms with van der Waals surface area (Å²) in [6.07, 6.45) is 3.86. The first-order chi connectivity index (χ1) is 9.99. The molecule has 5 nitrogen and oxygen atoms in total. The second-order valence-corrected chi connectivity index (χ2v) is 6.52. The van der Waals surface area contributed by atoms with Gasteiger partial charge in [0, 0.05) is 44.7 Å². The highest BCUT2D eigenvalue weighted by Gasteiger charge is 2.44. The maximum absolute atomic E-state index is 12.4. The summed E-state index contributed by atoms with van der Waals surface area (Å²) in [5.41, 5.74) is 0.491. The van der Waals surface area contributed by atoms with Gasteiger partial charge in [0.1, 0.15) is 5.69 Å². The molecule has 1 aromatic heterocycles. The zero-order valence-electron chi connectivity index (χ0n) is 12.0. The molecule has 1 aromatic rings. The highest BCUT2D eigenvalue weighted by Crippen LogP contribution is 2.40. The minimum Gasteiger partial charge on any atom is -0.345 e. The first kappa shape index (κ1) is 14.3. The number of nitrogens with zero attached hydrogens (tertiary/aromatic N) is 3. The smallest absolute Gasteiger partial charge is 0.272 e. The van der Waals surface area contributed by atoms with Crippen LogP contribution < -0.4 is 0 Å². The lowest BCUT2D eigenvalue weighted by atomic mass is 9.77. The maximum Gasteiger partial charge on any atom is 0.272 e. The molecule has 0 unspecified atom stereocenters. The minimum absolute atomic E-state index is 0.0563. The molecule has 0 bridgehead atoms. The Hall–Kier alpha value is -1.62. The van der Waals surface area contributed by atoms with E-state index in [0.717, 1.165) is 19.4 Å². The van der Waals surface area contributed by atoms with Crippen LogP contribution >= 0.6 is 11.6 Å². The van der Waals surface area contributed by atoms with E-state index in [1.54, 1.807) is 17.0 Å². The number of halogens is 1. The molecule has 0 atom stereocenters. The summed E-state index contributed by atoms with van der Waals surface area (Å²) in [7, 11) is 1.85. The topological polar surface area (TPSA) is 53.5 Å². The zero-order valence-corrected chi connectivity index (χ0v) is 12.8. The van der Waals surface area contributed by atoms with Crippen molar-refractivity contribution >= 4 is 23.4 Å². The molecule has 2 saturated heterocycles. The monoisotopic (exact) mass is 307 g/mol. The SMILES string of the molecule is CN1CC2(CCN(C(=O)c3ccc(Cl)cn3)CC2)CC1=O. The van der Waals surface area contributed by atoms with Crippen molar-refractivity contribution in [1.29, 1.82) is 0 Å². The number of hydrogen-bond acceptors (Lipinski definition) is 3. The third-order valence-electron chi connectivity index (χ3n) is 4.58. The van der Waals surface area contributed by atoms with Crippen LogP contribution in [0.15, 0.2) is 18.3 Å². The molecular weight excluding hydrogens is 290 g/mol. The van der Waals surface area contributed by atoms with Gasteiger partial charge in [-0.1, -0.05) is 11.6 Å². The molecule has 0 aromatic carbocycles. The minimum atomic E-state index is -0.0563. The standard InChI is InChI=1S/C15H18ClN3O2/c1-18-10-15(8-13(18)20)4-6-19(7-5-15)14(21)12-3-2-11(16)9-17-12/h2-3,9H,4-8,10H2,1H3. The predicted octanol–water partition coefficient (Wildman–Crippen LogP) is 1.82. The molecule has 0 aliphatic carbocycles. The van der Waals surface area contributed by atoms with Gasteiger partial charge in [-0.15, -0.1) is 0 Å². The summed E-state index contributed by atoms with van der Waals surface area (Å²) in [6.45, 7) is 2.18. The normalized spacial score (nSPS) is 21.1. The van der Waals surface area contributed by atoms with E-state index in [4.69, 9.17) is 11.6 Å². The van der Waals surface area contributed by atoms with Gasteiger partial charge in [-0.2, -0.15) is 0 Å². The number of pyridine rings is 1. The molecule has 0 N–H and O–H groups in total. The maximum atomic E-state index is 12.4. The van der Waals surface area contributed by atoms with E-state index in [1.807, 2.05) is 11.9 Å². The lowest BCUT2D eigenvalue weighted by Gasteiger charge is -2.38. The van der Waals surface area contributed by atoms with Crippen LogP contribution in [0.2, 0.25) is 5.02 Å². The molecule has 2 aliphatic rings. The molecule has 2 aliphatic heterocycles. The third kappa shape index (κ3) is 2.75. The highest BCUT2D eigenvalue weighted by molar-refractivity contribution is 6.30. The van der Waals surface area contributed by atoms with Crippen molar-refractivity contribution in [3.8, 4) is 0 Å². The fourth-order valence-corrected chi connectivity index (χ4v) is 3.40. The molecule has 1 spiro atoms. The fourth-order valence-electron chi connectivity index (χ4n) is 3.29. The van der Waals surface area contributed by atoms with Gasteiger partial charge in [0.15, 0.2) is 0 Å². The van der Waals surface area contributed by atoms with Crippen LogP contribution in [0.4, 0.5) is 0 Å². The Balaban J connectivity index is 1.65. The number of likely N-dealkylation sites (tertiary alicyclic amines) is 2. The number of amides is 2. The van der Waals surface area contributed by atoms with Crippen molar-refractivity contribution in [3.05, 3.63) is 29.0 Å². The number of piperidine rings is 1.